The van der Waals surface area contributed by atoms with Gasteiger partial charge in [0.25, 0.3) is 11.8 Å². The van der Waals surface area contributed by atoms with Gasteiger partial charge in [0.05, 0.1) is 17.9 Å². The van der Waals surface area contributed by atoms with Crippen LogP contribution in [0.4, 0.5) is 11.4 Å². The highest BCUT2D eigenvalue weighted by atomic mass is 16.5. The van der Waals surface area contributed by atoms with Crippen molar-refractivity contribution in [3.05, 3.63) is 59.8 Å². The molecular weight excluding hydrogens is 382 g/mol. The van der Waals surface area contributed by atoms with Gasteiger partial charge in [0.15, 0.2) is 0 Å². The minimum Gasteiger partial charge on any atom is -0.492 e. The molecule has 0 aliphatic carbocycles. The zero-order valence-corrected chi connectivity index (χ0v) is 17.3. The Balaban J connectivity index is 2.04. The van der Waals surface area contributed by atoms with Gasteiger partial charge < -0.3 is 15.4 Å². The van der Waals surface area contributed by atoms with E-state index in [9.17, 15) is 14.4 Å². The predicted octanol–water partition coefficient (Wildman–Crippen LogP) is 3.65. The first-order chi connectivity index (χ1) is 14.5. The number of benzene rings is 2. The van der Waals surface area contributed by atoms with Gasteiger partial charge in [-0.05, 0) is 43.2 Å². The van der Waals surface area contributed by atoms with E-state index in [1.54, 1.807) is 36.4 Å². The van der Waals surface area contributed by atoms with Crippen molar-refractivity contribution in [1.29, 1.82) is 0 Å². The Kier molecular flexibility index (Phi) is 6.51. The van der Waals surface area contributed by atoms with Crippen molar-refractivity contribution in [2.75, 3.05) is 23.8 Å². The lowest BCUT2D eigenvalue weighted by Gasteiger charge is -2.15. The Hall–Kier alpha value is -3.61. The number of carbonyl (C=O) groups excluding carboxylic acids is 3. The zero-order chi connectivity index (χ0) is 21.7. The molecule has 0 unspecified atom stereocenters. The van der Waals surface area contributed by atoms with Crippen molar-refractivity contribution in [2.45, 2.75) is 27.2 Å². The highest BCUT2D eigenvalue weighted by molar-refractivity contribution is 6.36. The minimum atomic E-state index is -0.367. The molecule has 156 valence electrons. The number of para-hydroxylation sites is 2. The molecule has 7 heteroatoms. The summed E-state index contributed by atoms with van der Waals surface area (Å²) in [4.78, 5) is 38.7. The van der Waals surface area contributed by atoms with Gasteiger partial charge in [-0.1, -0.05) is 31.2 Å². The smallest absolute Gasteiger partial charge is 0.278 e. The van der Waals surface area contributed by atoms with E-state index in [4.69, 9.17) is 4.74 Å². The number of imide groups is 1. The van der Waals surface area contributed by atoms with Gasteiger partial charge in [-0.2, -0.15) is 0 Å². The lowest BCUT2D eigenvalue weighted by Crippen LogP contribution is -2.33. The quantitative estimate of drug-likeness (QED) is 0.652. The van der Waals surface area contributed by atoms with Crippen LogP contribution in [0.15, 0.2) is 54.2 Å². The van der Waals surface area contributed by atoms with Crippen molar-refractivity contribution in [2.24, 2.45) is 0 Å². The molecule has 1 heterocycles. The van der Waals surface area contributed by atoms with Crippen LogP contribution in [-0.4, -0.2) is 35.8 Å². The van der Waals surface area contributed by atoms with E-state index in [1.807, 2.05) is 26.0 Å². The van der Waals surface area contributed by atoms with Gasteiger partial charge in [0, 0.05) is 19.2 Å². The molecule has 0 spiro atoms. The number of nitrogens with one attached hydrogen (secondary N) is 2. The zero-order valence-electron chi connectivity index (χ0n) is 17.3. The largest absolute Gasteiger partial charge is 0.492 e. The molecule has 2 N–H and O–H groups in total. The Morgan fingerprint density at radius 2 is 1.70 bits per heavy atom. The molecule has 0 bridgehead atoms. The van der Waals surface area contributed by atoms with Crippen molar-refractivity contribution < 1.29 is 19.1 Å². The number of rotatable bonds is 8. The normalized spacial score (nSPS) is 13.6. The third kappa shape index (κ3) is 4.35. The molecule has 3 amide bonds. The SMILES string of the molecule is CCCN1C(=O)C(Nc2ccccc2OCC)=C(c2ccc(NC(C)=O)cc2)C1=O. The lowest BCUT2D eigenvalue weighted by molar-refractivity contribution is -0.136. The molecule has 2 aromatic rings. The Morgan fingerprint density at radius 1 is 1.00 bits per heavy atom. The second kappa shape index (κ2) is 9.26. The molecule has 0 aromatic heterocycles. The van der Waals surface area contributed by atoms with Crippen molar-refractivity contribution in [3.8, 4) is 5.75 Å². The summed E-state index contributed by atoms with van der Waals surface area (Å²) in [5.41, 5.74) is 2.34. The predicted molar refractivity (Wildman–Crippen MR) is 116 cm³/mol. The fourth-order valence-corrected chi connectivity index (χ4v) is 3.30. The molecular formula is C23H25N3O4. The fourth-order valence-electron chi connectivity index (χ4n) is 3.30. The number of carbonyl (C=O) groups is 3. The first-order valence-electron chi connectivity index (χ1n) is 9.93. The highest BCUT2D eigenvalue weighted by Crippen LogP contribution is 2.33. The summed E-state index contributed by atoms with van der Waals surface area (Å²) in [7, 11) is 0. The maximum absolute atomic E-state index is 13.1. The number of amides is 3. The molecule has 0 saturated carbocycles. The molecule has 2 aromatic carbocycles. The summed E-state index contributed by atoms with van der Waals surface area (Å²) in [5, 5.41) is 5.83. The van der Waals surface area contributed by atoms with E-state index >= 15 is 0 Å². The molecule has 0 atom stereocenters. The van der Waals surface area contributed by atoms with Crippen LogP contribution in [0.3, 0.4) is 0 Å². The number of hydrogen-bond donors (Lipinski definition) is 2. The van der Waals surface area contributed by atoms with Gasteiger partial charge in [0.2, 0.25) is 5.91 Å². The summed E-state index contributed by atoms with van der Waals surface area (Å²) >= 11 is 0. The summed E-state index contributed by atoms with van der Waals surface area (Å²) in [6.07, 6.45) is 0.662. The minimum absolute atomic E-state index is 0.182. The summed E-state index contributed by atoms with van der Waals surface area (Å²) in [6.45, 7) is 6.03. The van der Waals surface area contributed by atoms with Gasteiger partial charge in [-0.3, -0.25) is 19.3 Å². The monoisotopic (exact) mass is 407 g/mol. The van der Waals surface area contributed by atoms with E-state index in [1.165, 1.54) is 11.8 Å². The second-order valence-corrected chi connectivity index (χ2v) is 6.82. The molecule has 1 aliphatic heterocycles. The Labute approximate surface area is 175 Å². The van der Waals surface area contributed by atoms with Crippen LogP contribution in [0.2, 0.25) is 0 Å². The molecule has 1 aliphatic rings. The van der Waals surface area contributed by atoms with Gasteiger partial charge in [-0.15, -0.1) is 0 Å². The lowest BCUT2D eigenvalue weighted by atomic mass is 10.0. The Morgan fingerprint density at radius 3 is 2.33 bits per heavy atom. The number of anilines is 2. The van der Waals surface area contributed by atoms with E-state index in [2.05, 4.69) is 10.6 Å². The first kappa shape index (κ1) is 21.1. The molecule has 0 radical (unpaired) electrons. The second-order valence-electron chi connectivity index (χ2n) is 6.82. The van der Waals surface area contributed by atoms with Crippen LogP contribution in [0.5, 0.6) is 5.75 Å². The molecule has 7 nitrogen and oxygen atoms in total. The Bertz CT molecular complexity index is 996. The van der Waals surface area contributed by atoms with Crippen molar-refractivity contribution >= 4 is 34.7 Å². The van der Waals surface area contributed by atoms with Crippen LogP contribution >= 0.6 is 0 Å². The van der Waals surface area contributed by atoms with Crippen molar-refractivity contribution in [3.63, 3.8) is 0 Å². The van der Waals surface area contributed by atoms with E-state index < -0.39 is 0 Å². The number of hydrogen-bond acceptors (Lipinski definition) is 5. The molecule has 30 heavy (non-hydrogen) atoms. The maximum Gasteiger partial charge on any atom is 0.278 e. The van der Waals surface area contributed by atoms with Crippen LogP contribution in [0.1, 0.15) is 32.8 Å². The van der Waals surface area contributed by atoms with Crippen LogP contribution in [0, 0.1) is 0 Å². The van der Waals surface area contributed by atoms with E-state index in [0.717, 1.165) is 0 Å². The summed E-state index contributed by atoms with van der Waals surface area (Å²) < 4.78 is 5.64. The summed E-state index contributed by atoms with van der Waals surface area (Å²) in [5.74, 6) is -0.292. The average Bonchev–Trinajstić information content (AvgIpc) is 2.94. The van der Waals surface area contributed by atoms with E-state index in [-0.39, 0.29) is 23.4 Å². The third-order valence-electron chi connectivity index (χ3n) is 4.56. The molecule has 3 rings (SSSR count). The van der Waals surface area contributed by atoms with Gasteiger partial charge in [0.1, 0.15) is 11.4 Å². The maximum atomic E-state index is 13.1. The van der Waals surface area contributed by atoms with E-state index in [0.29, 0.717) is 47.8 Å². The summed E-state index contributed by atoms with van der Waals surface area (Å²) in [6, 6.07) is 14.1. The average molecular weight is 407 g/mol. The van der Waals surface area contributed by atoms with Crippen molar-refractivity contribution in [1.82, 2.24) is 4.90 Å². The van der Waals surface area contributed by atoms with Crippen LogP contribution in [-0.2, 0) is 14.4 Å². The number of ether oxygens (including phenoxy) is 1. The topological polar surface area (TPSA) is 87.7 Å². The van der Waals surface area contributed by atoms with Gasteiger partial charge >= 0.3 is 0 Å². The van der Waals surface area contributed by atoms with Gasteiger partial charge in [-0.25, -0.2) is 0 Å². The highest BCUT2D eigenvalue weighted by Gasteiger charge is 2.38. The molecule has 0 saturated heterocycles. The van der Waals surface area contributed by atoms with Crippen LogP contribution in [0.25, 0.3) is 5.57 Å². The third-order valence-corrected chi connectivity index (χ3v) is 4.56. The standard InChI is InChI=1S/C23H25N3O4/c1-4-14-26-22(28)20(16-10-12-17(13-11-16)24-15(3)27)21(23(26)29)25-18-8-6-7-9-19(18)30-5-2/h6-13,25H,4-5,14H2,1-3H3,(H,24,27). The van der Waals surface area contributed by atoms with Crippen LogP contribution < -0.4 is 15.4 Å². The first-order valence-corrected chi connectivity index (χ1v) is 9.93. The molecule has 0 fully saturated rings. The number of nitrogens with zero attached hydrogens (tertiary/aromatic N) is 1. The fraction of sp³-hybridized carbons (Fsp3) is 0.261.